The van der Waals surface area contributed by atoms with Gasteiger partial charge in [-0.25, -0.2) is 0 Å². The fraction of sp³-hybridized carbons (Fsp3) is 0.652. The molecule has 2 amide bonds. The number of benzene rings is 1. The maximum Gasteiger partial charge on any atom is 0.253 e. The molecule has 29 heavy (non-hydrogen) atoms. The van der Waals surface area contributed by atoms with Gasteiger partial charge in [0.15, 0.2) is 0 Å². The highest BCUT2D eigenvalue weighted by atomic mass is 35.5. The van der Waals surface area contributed by atoms with Crippen molar-refractivity contribution >= 4 is 24.2 Å². The van der Waals surface area contributed by atoms with Crippen molar-refractivity contribution in [3.63, 3.8) is 0 Å². The zero-order chi connectivity index (χ0) is 19.6. The summed E-state index contributed by atoms with van der Waals surface area (Å²) in [6, 6.07) is 9.80. The summed E-state index contributed by atoms with van der Waals surface area (Å²) in [6.07, 6.45) is 6.16. The molecule has 2 saturated heterocycles. The van der Waals surface area contributed by atoms with Crippen LogP contribution in [0.3, 0.4) is 0 Å². The normalized spacial score (nSPS) is 23.3. The molecule has 160 valence electrons. The van der Waals surface area contributed by atoms with Crippen LogP contribution in [0.4, 0.5) is 0 Å². The summed E-state index contributed by atoms with van der Waals surface area (Å²) in [5.41, 5.74) is 1.05. The lowest BCUT2D eigenvalue weighted by atomic mass is 9.91. The standard InChI is InChI=1S/C23H33N3O2.ClH/c1-2-14-26(22(28)20-17-23(20)10-12-24-13-11-23)19-8-15-25(16-9-19)21(27)18-6-4-3-5-7-18;/h3-7,19-20,24H,2,8-17H2,1H3;1H. The Morgan fingerprint density at radius 3 is 2.41 bits per heavy atom. The van der Waals surface area contributed by atoms with E-state index in [-0.39, 0.29) is 35.7 Å². The molecule has 1 aromatic carbocycles. The minimum Gasteiger partial charge on any atom is -0.339 e. The summed E-state index contributed by atoms with van der Waals surface area (Å²) >= 11 is 0. The quantitative estimate of drug-likeness (QED) is 0.796. The molecular weight excluding hydrogens is 386 g/mol. The Hall–Kier alpha value is -1.59. The van der Waals surface area contributed by atoms with E-state index < -0.39 is 0 Å². The fourth-order valence-corrected chi connectivity index (χ4v) is 5.23. The second-order valence-corrected chi connectivity index (χ2v) is 8.79. The molecule has 2 heterocycles. The molecular formula is C23H34ClN3O2. The highest BCUT2D eigenvalue weighted by molar-refractivity contribution is 5.94. The molecule has 1 spiro atoms. The molecule has 1 N–H and O–H groups in total. The third-order valence-electron chi connectivity index (χ3n) is 7.05. The lowest BCUT2D eigenvalue weighted by Crippen LogP contribution is -2.50. The molecule has 4 rings (SSSR count). The summed E-state index contributed by atoms with van der Waals surface area (Å²) in [7, 11) is 0. The van der Waals surface area contributed by atoms with E-state index in [0.717, 1.165) is 76.8 Å². The van der Waals surface area contributed by atoms with Crippen molar-refractivity contribution in [1.82, 2.24) is 15.1 Å². The van der Waals surface area contributed by atoms with Crippen LogP contribution in [-0.4, -0.2) is 60.4 Å². The van der Waals surface area contributed by atoms with Crippen LogP contribution in [0, 0.1) is 11.3 Å². The number of nitrogens with zero attached hydrogens (tertiary/aromatic N) is 2. The van der Waals surface area contributed by atoms with E-state index in [4.69, 9.17) is 0 Å². The second kappa shape index (κ2) is 9.48. The number of carbonyl (C=O) groups excluding carboxylic acids is 2. The van der Waals surface area contributed by atoms with Gasteiger partial charge < -0.3 is 15.1 Å². The van der Waals surface area contributed by atoms with Crippen LogP contribution < -0.4 is 5.32 Å². The average Bonchev–Trinajstić information content (AvgIpc) is 3.45. The number of hydrogen-bond donors (Lipinski definition) is 1. The van der Waals surface area contributed by atoms with Gasteiger partial charge in [-0.15, -0.1) is 12.4 Å². The topological polar surface area (TPSA) is 52.7 Å². The van der Waals surface area contributed by atoms with Crippen molar-refractivity contribution in [1.29, 1.82) is 0 Å². The molecule has 0 radical (unpaired) electrons. The summed E-state index contributed by atoms with van der Waals surface area (Å²) in [4.78, 5) is 30.1. The monoisotopic (exact) mass is 419 g/mol. The molecule has 6 heteroatoms. The van der Waals surface area contributed by atoms with Crippen molar-refractivity contribution in [3.05, 3.63) is 35.9 Å². The van der Waals surface area contributed by atoms with Crippen molar-refractivity contribution in [2.45, 2.75) is 51.5 Å². The van der Waals surface area contributed by atoms with Crippen molar-refractivity contribution in [2.24, 2.45) is 11.3 Å². The molecule has 5 nitrogen and oxygen atoms in total. The first-order chi connectivity index (χ1) is 13.6. The average molecular weight is 420 g/mol. The summed E-state index contributed by atoms with van der Waals surface area (Å²) in [5, 5.41) is 3.42. The molecule has 0 bridgehead atoms. The minimum atomic E-state index is 0. The Morgan fingerprint density at radius 1 is 1.14 bits per heavy atom. The molecule has 2 aliphatic heterocycles. The third-order valence-corrected chi connectivity index (χ3v) is 7.05. The van der Waals surface area contributed by atoms with Crippen molar-refractivity contribution < 1.29 is 9.59 Å². The van der Waals surface area contributed by atoms with Gasteiger partial charge in [0.25, 0.3) is 5.91 Å². The fourth-order valence-electron chi connectivity index (χ4n) is 5.23. The van der Waals surface area contributed by atoms with E-state index in [2.05, 4.69) is 17.1 Å². The smallest absolute Gasteiger partial charge is 0.253 e. The lowest BCUT2D eigenvalue weighted by molar-refractivity contribution is -0.137. The van der Waals surface area contributed by atoms with Crippen LogP contribution >= 0.6 is 12.4 Å². The molecule has 1 atom stereocenters. The van der Waals surface area contributed by atoms with Crippen molar-refractivity contribution in [2.75, 3.05) is 32.7 Å². The van der Waals surface area contributed by atoms with Gasteiger partial charge in [-0.3, -0.25) is 9.59 Å². The Kier molecular flexibility index (Phi) is 7.23. The predicted octanol–water partition coefficient (Wildman–Crippen LogP) is 3.34. The van der Waals surface area contributed by atoms with E-state index in [1.54, 1.807) is 0 Å². The summed E-state index contributed by atoms with van der Waals surface area (Å²) < 4.78 is 0. The van der Waals surface area contributed by atoms with Crippen LogP contribution in [-0.2, 0) is 4.79 Å². The highest BCUT2D eigenvalue weighted by Crippen LogP contribution is 2.59. The molecule has 1 aromatic rings. The number of likely N-dealkylation sites (tertiary alicyclic amines) is 1. The van der Waals surface area contributed by atoms with Crippen LogP contribution in [0.15, 0.2) is 30.3 Å². The maximum atomic E-state index is 13.3. The van der Waals surface area contributed by atoms with Crippen molar-refractivity contribution in [3.8, 4) is 0 Å². The minimum absolute atomic E-state index is 0. The maximum absolute atomic E-state index is 13.3. The Balaban J connectivity index is 0.00000240. The number of halogens is 1. The van der Waals surface area contributed by atoms with Gasteiger partial charge in [-0.05, 0) is 69.2 Å². The summed E-state index contributed by atoms with van der Waals surface area (Å²) in [6.45, 7) is 6.59. The van der Waals surface area contributed by atoms with E-state index in [1.807, 2.05) is 35.2 Å². The zero-order valence-electron chi connectivity index (χ0n) is 17.4. The number of piperidine rings is 2. The number of rotatable bonds is 5. The molecule has 0 aromatic heterocycles. The van der Waals surface area contributed by atoms with Gasteiger partial charge in [-0.2, -0.15) is 0 Å². The predicted molar refractivity (Wildman–Crippen MR) is 117 cm³/mol. The van der Waals surface area contributed by atoms with Crippen LogP contribution in [0.2, 0.25) is 0 Å². The highest BCUT2D eigenvalue weighted by Gasteiger charge is 2.58. The molecule has 1 unspecified atom stereocenters. The Labute approximate surface area is 180 Å². The number of carbonyl (C=O) groups is 2. The van der Waals surface area contributed by atoms with Gasteiger partial charge in [0.1, 0.15) is 0 Å². The van der Waals surface area contributed by atoms with Gasteiger partial charge in [0.05, 0.1) is 0 Å². The van der Waals surface area contributed by atoms with Gasteiger partial charge >= 0.3 is 0 Å². The summed E-state index contributed by atoms with van der Waals surface area (Å²) in [5.74, 6) is 0.741. The molecule has 1 aliphatic carbocycles. The Morgan fingerprint density at radius 2 is 1.79 bits per heavy atom. The first kappa shape index (κ1) is 22.1. The Bertz CT molecular complexity index is 697. The van der Waals surface area contributed by atoms with Gasteiger partial charge in [0, 0.05) is 37.2 Å². The number of amides is 2. The first-order valence-corrected chi connectivity index (χ1v) is 11.0. The molecule has 3 aliphatic rings. The van der Waals surface area contributed by atoms with E-state index in [9.17, 15) is 9.59 Å². The largest absolute Gasteiger partial charge is 0.339 e. The number of hydrogen-bond acceptors (Lipinski definition) is 3. The lowest BCUT2D eigenvalue weighted by Gasteiger charge is -2.39. The first-order valence-electron chi connectivity index (χ1n) is 11.0. The number of nitrogens with one attached hydrogen (secondary N) is 1. The SMILES string of the molecule is CCCN(C(=O)C1CC12CCNCC2)C1CCN(C(=O)c2ccccc2)CC1.Cl. The van der Waals surface area contributed by atoms with E-state index >= 15 is 0 Å². The van der Waals surface area contributed by atoms with Crippen LogP contribution in [0.25, 0.3) is 0 Å². The van der Waals surface area contributed by atoms with Crippen LogP contribution in [0.1, 0.15) is 55.8 Å². The van der Waals surface area contributed by atoms with E-state index in [0.29, 0.717) is 5.91 Å². The third kappa shape index (κ3) is 4.61. The molecule has 3 fully saturated rings. The molecule has 1 saturated carbocycles. The second-order valence-electron chi connectivity index (χ2n) is 8.79. The zero-order valence-corrected chi connectivity index (χ0v) is 18.3. The van der Waals surface area contributed by atoms with E-state index in [1.165, 1.54) is 0 Å². The van der Waals surface area contributed by atoms with Crippen LogP contribution in [0.5, 0.6) is 0 Å². The van der Waals surface area contributed by atoms with Gasteiger partial charge in [-0.1, -0.05) is 25.1 Å². The van der Waals surface area contributed by atoms with Gasteiger partial charge in [0.2, 0.25) is 5.91 Å².